The second-order valence-electron chi connectivity index (χ2n) is 5.13. The van der Waals surface area contributed by atoms with E-state index in [-0.39, 0.29) is 0 Å². The summed E-state index contributed by atoms with van der Waals surface area (Å²) in [5.74, 6) is 1.72. The molecule has 1 saturated carbocycles. The lowest BCUT2D eigenvalue weighted by molar-refractivity contribution is 0.175. The summed E-state index contributed by atoms with van der Waals surface area (Å²) in [6.45, 7) is 2.19. The molecule has 2 rings (SSSR count). The van der Waals surface area contributed by atoms with Crippen LogP contribution in [-0.2, 0) is 0 Å². The fraction of sp³-hybridized carbons (Fsp3) is 1.00. The highest BCUT2D eigenvalue weighted by molar-refractivity contribution is 4.89. The summed E-state index contributed by atoms with van der Waals surface area (Å²) in [4.78, 5) is 2.54. The molecule has 2 unspecified atom stereocenters. The average Bonchev–Trinajstić information content (AvgIpc) is 2.80. The van der Waals surface area contributed by atoms with E-state index in [9.17, 15) is 0 Å². The molecule has 2 N–H and O–H groups in total. The van der Waals surface area contributed by atoms with Gasteiger partial charge >= 0.3 is 0 Å². The largest absolute Gasteiger partial charge is 0.330 e. The predicted molar refractivity (Wildman–Crippen MR) is 60.2 cm³/mol. The minimum atomic E-state index is 0.782. The van der Waals surface area contributed by atoms with Gasteiger partial charge in [-0.1, -0.05) is 25.7 Å². The normalized spacial score (nSPS) is 32.6. The van der Waals surface area contributed by atoms with Crippen molar-refractivity contribution in [2.75, 3.05) is 20.1 Å². The molecule has 2 fully saturated rings. The van der Waals surface area contributed by atoms with Crippen LogP contribution in [0.2, 0.25) is 0 Å². The van der Waals surface area contributed by atoms with Crippen LogP contribution < -0.4 is 5.73 Å². The van der Waals surface area contributed by atoms with E-state index in [1.807, 2.05) is 0 Å². The van der Waals surface area contributed by atoms with Crippen LogP contribution in [-0.4, -0.2) is 31.1 Å². The van der Waals surface area contributed by atoms with Crippen molar-refractivity contribution in [1.29, 1.82) is 0 Å². The summed E-state index contributed by atoms with van der Waals surface area (Å²) in [5, 5.41) is 0. The molecule has 0 radical (unpaired) electrons. The van der Waals surface area contributed by atoms with Crippen LogP contribution in [0.15, 0.2) is 0 Å². The SMILES string of the molecule is CN1CCCC1C(CN)C1CCCC1. The molecule has 0 bridgehead atoms. The molecule has 1 aliphatic heterocycles. The van der Waals surface area contributed by atoms with Gasteiger partial charge in [-0.15, -0.1) is 0 Å². The number of nitrogens with zero attached hydrogens (tertiary/aromatic N) is 1. The first-order valence-corrected chi connectivity index (χ1v) is 6.23. The van der Waals surface area contributed by atoms with Gasteiger partial charge in [0.05, 0.1) is 0 Å². The van der Waals surface area contributed by atoms with E-state index in [1.165, 1.54) is 45.1 Å². The molecule has 1 aliphatic carbocycles. The Labute approximate surface area is 87.8 Å². The fourth-order valence-electron chi connectivity index (χ4n) is 3.53. The lowest BCUT2D eigenvalue weighted by Gasteiger charge is -2.32. The van der Waals surface area contributed by atoms with Gasteiger partial charge in [0.25, 0.3) is 0 Å². The molecular weight excluding hydrogens is 172 g/mol. The maximum absolute atomic E-state index is 5.97. The maximum Gasteiger partial charge on any atom is 0.0136 e. The molecule has 14 heavy (non-hydrogen) atoms. The summed E-state index contributed by atoms with van der Waals surface area (Å²) in [5.41, 5.74) is 5.97. The second-order valence-corrected chi connectivity index (χ2v) is 5.13. The molecule has 0 aromatic heterocycles. The van der Waals surface area contributed by atoms with Crippen molar-refractivity contribution < 1.29 is 0 Å². The monoisotopic (exact) mass is 196 g/mol. The van der Waals surface area contributed by atoms with Crippen LogP contribution >= 0.6 is 0 Å². The molecule has 2 aliphatic rings. The van der Waals surface area contributed by atoms with Crippen molar-refractivity contribution in [3.05, 3.63) is 0 Å². The van der Waals surface area contributed by atoms with Crippen molar-refractivity contribution in [1.82, 2.24) is 4.90 Å². The highest BCUT2D eigenvalue weighted by Gasteiger charge is 2.34. The standard InChI is InChI=1S/C12H24N2/c1-14-8-4-7-12(14)11(9-13)10-5-2-3-6-10/h10-12H,2-9,13H2,1H3. The predicted octanol–water partition coefficient (Wildman–Crippen LogP) is 1.85. The van der Waals surface area contributed by atoms with Gasteiger partial charge < -0.3 is 10.6 Å². The summed E-state index contributed by atoms with van der Waals surface area (Å²) >= 11 is 0. The minimum Gasteiger partial charge on any atom is -0.330 e. The Morgan fingerprint density at radius 2 is 1.93 bits per heavy atom. The minimum absolute atomic E-state index is 0.782. The van der Waals surface area contributed by atoms with E-state index in [1.54, 1.807) is 0 Å². The molecule has 82 valence electrons. The zero-order valence-electron chi connectivity index (χ0n) is 9.41. The Hall–Kier alpha value is -0.0800. The van der Waals surface area contributed by atoms with Gasteiger partial charge in [-0.25, -0.2) is 0 Å². The van der Waals surface area contributed by atoms with E-state index < -0.39 is 0 Å². The summed E-state index contributed by atoms with van der Waals surface area (Å²) < 4.78 is 0. The van der Waals surface area contributed by atoms with E-state index >= 15 is 0 Å². The van der Waals surface area contributed by atoms with E-state index in [4.69, 9.17) is 5.73 Å². The van der Waals surface area contributed by atoms with Crippen LogP contribution in [0.5, 0.6) is 0 Å². The average molecular weight is 196 g/mol. The second kappa shape index (κ2) is 4.63. The van der Waals surface area contributed by atoms with E-state index in [0.29, 0.717) is 0 Å². The molecule has 0 amide bonds. The van der Waals surface area contributed by atoms with Gasteiger partial charge in [0, 0.05) is 6.04 Å². The van der Waals surface area contributed by atoms with E-state index in [2.05, 4.69) is 11.9 Å². The number of rotatable bonds is 3. The van der Waals surface area contributed by atoms with E-state index in [0.717, 1.165) is 24.4 Å². The van der Waals surface area contributed by atoms with Gasteiger partial charge in [-0.3, -0.25) is 0 Å². The van der Waals surface area contributed by atoms with Crippen molar-refractivity contribution in [3.8, 4) is 0 Å². The van der Waals surface area contributed by atoms with Crippen LogP contribution in [0.25, 0.3) is 0 Å². The highest BCUT2D eigenvalue weighted by Crippen LogP contribution is 2.36. The first kappa shape index (κ1) is 10.4. The number of hydrogen-bond donors (Lipinski definition) is 1. The van der Waals surface area contributed by atoms with Gasteiger partial charge in [-0.05, 0) is 44.8 Å². The molecule has 0 aromatic rings. The van der Waals surface area contributed by atoms with Crippen LogP contribution in [0, 0.1) is 11.8 Å². The quantitative estimate of drug-likeness (QED) is 0.746. The highest BCUT2D eigenvalue weighted by atomic mass is 15.2. The molecule has 1 heterocycles. The maximum atomic E-state index is 5.97. The number of hydrogen-bond acceptors (Lipinski definition) is 2. The zero-order chi connectivity index (χ0) is 9.97. The van der Waals surface area contributed by atoms with Crippen molar-refractivity contribution in [2.24, 2.45) is 17.6 Å². The Morgan fingerprint density at radius 1 is 1.21 bits per heavy atom. The topological polar surface area (TPSA) is 29.3 Å². The lowest BCUT2D eigenvalue weighted by atomic mass is 9.84. The Bertz CT molecular complexity index is 175. The Balaban J connectivity index is 1.96. The summed E-state index contributed by atoms with van der Waals surface area (Å²) in [6.07, 6.45) is 8.52. The fourth-order valence-corrected chi connectivity index (χ4v) is 3.53. The smallest absolute Gasteiger partial charge is 0.0136 e. The third-order valence-corrected chi connectivity index (χ3v) is 4.35. The number of likely N-dealkylation sites (tertiary alicyclic amines) is 1. The lowest BCUT2D eigenvalue weighted by Crippen LogP contribution is -2.40. The Kier molecular flexibility index (Phi) is 3.45. The number of nitrogens with two attached hydrogens (primary N) is 1. The van der Waals surface area contributed by atoms with Crippen LogP contribution in [0.4, 0.5) is 0 Å². The molecule has 2 atom stereocenters. The third-order valence-electron chi connectivity index (χ3n) is 4.35. The molecule has 2 heteroatoms. The van der Waals surface area contributed by atoms with Gasteiger partial charge in [0.2, 0.25) is 0 Å². The van der Waals surface area contributed by atoms with Crippen molar-refractivity contribution in [3.63, 3.8) is 0 Å². The molecule has 0 spiro atoms. The van der Waals surface area contributed by atoms with Crippen molar-refractivity contribution >= 4 is 0 Å². The first-order chi connectivity index (χ1) is 6.83. The van der Waals surface area contributed by atoms with Gasteiger partial charge in [0.15, 0.2) is 0 Å². The summed E-state index contributed by atoms with van der Waals surface area (Å²) in [6, 6.07) is 0.795. The van der Waals surface area contributed by atoms with Crippen LogP contribution in [0.3, 0.4) is 0 Å². The molecule has 0 aromatic carbocycles. The summed E-state index contributed by atoms with van der Waals surface area (Å²) in [7, 11) is 2.27. The molecular formula is C12H24N2. The molecule has 1 saturated heterocycles. The van der Waals surface area contributed by atoms with Crippen molar-refractivity contribution in [2.45, 2.75) is 44.6 Å². The Morgan fingerprint density at radius 3 is 2.43 bits per heavy atom. The third kappa shape index (κ3) is 1.96. The first-order valence-electron chi connectivity index (χ1n) is 6.23. The van der Waals surface area contributed by atoms with Crippen LogP contribution in [0.1, 0.15) is 38.5 Å². The molecule has 2 nitrogen and oxygen atoms in total. The van der Waals surface area contributed by atoms with Gasteiger partial charge in [0.1, 0.15) is 0 Å². The van der Waals surface area contributed by atoms with Gasteiger partial charge in [-0.2, -0.15) is 0 Å². The zero-order valence-corrected chi connectivity index (χ0v) is 9.41.